The van der Waals surface area contributed by atoms with E-state index >= 15 is 0 Å². The van der Waals surface area contributed by atoms with Gasteiger partial charge in [0.25, 0.3) is 0 Å². The summed E-state index contributed by atoms with van der Waals surface area (Å²) in [5.41, 5.74) is 3.16. The van der Waals surface area contributed by atoms with E-state index < -0.39 is 0 Å². The van der Waals surface area contributed by atoms with Crippen LogP contribution >= 0.6 is 15.9 Å². The van der Waals surface area contributed by atoms with Crippen molar-refractivity contribution in [3.8, 4) is 0 Å². The van der Waals surface area contributed by atoms with E-state index in [1.807, 2.05) is 0 Å². The van der Waals surface area contributed by atoms with Crippen molar-refractivity contribution in [2.24, 2.45) is 5.92 Å². The Morgan fingerprint density at radius 1 is 1.35 bits per heavy atom. The van der Waals surface area contributed by atoms with Gasteiger partial charge in [0, 0.05) is 6.42 Å². The molecule has 3 heteroatoms. The lowest BCUT2D eigenvalue weighted by atomic mass is 10.1. The minimum absolute atomic E-state index is 0.567. The molecule has 1 heterocycles. The van der Waals surface area contributed by atoms with Crippen LogP contribution in [0.1, 0.15) is 38.6 Å². The third-order valence-corrected chi connectivity index (χ3v) is 3.26. The van der Waals surface area contributed by atoms with Gasteiger partial charge in [-0.25, -0.2) is 4.98 Å². The van der Waals surface area contributed by atoms with Gasteiger partial charge in [0.15, 0.2) is 11.5 Å². The first kappa shape index (κ1) is 12.6. The second-order valence-electron chi connectivity index (χ2n) is 4.88. The van der Waals surface area contributed by atoms with Crippen LogP contribution in [0.15, 0.2) is 21.0 Å². The summed E-state index contributed by atoms with van der Waals surface area (Å²) in [6.45, 7) is 6.53. The quantitative estimate of drug-likeness (QED) is 0.814. The van der Waals surface area contributed by atoms with E-state index in [4.69, 9.17) is 4.42 Å². The number of rotatable bonds is 4. The number of hydrogen-bond acceptors (Lipinski definition) is 2. The van der Waals surface area contributed by atoms with E-state index in [2.05, 4.69) is 53.8 Å². The van der Waals surface area contributed by atoms with Crippen molar-refractivity contribution in [2.75, 3.05) is 0 Å². The van der Waals surface area contributed by atoms with E-state index in [0.717, 1.165) is 40.7 Å². The Hall–Kier alpha value is -0.830. The SMILES string of the molecule is CCCc1cc(Br)c2oc(CC(C)C)nc2c1. The van der Waals surface area contributed by atoms with Crippen LogP contribution in [0.4, 0.5) is 0 Å². The van der Waals surface area contributed by atoms with Crippen LogP contribution in [0.25, 0.3) is 11.1 Å². The van der Waals surface area contributed by atoms with Crippen molar-refractivity contribution in [3.63, 3.8) is 0 Å². The van der Waals surface area contributed by atoms with Gasteiger partial charge in [0.05, 0.1) is 4.47 Å². The average molecular weight is 296 g/mol. The molecule has 17 heavy (non-hydrogen) atoms. The van der Waals surface area contributed by atoms with Gasteiger partial charge in [-0.1, -0.05) is 27.2 Å². The van der Waals surface area contributed by atoms with Gasteiger partial charge in [-0.3, -0.25) is 0 Å². The first-order valence-electron chi connectivity index (χ1n) is 6.18. The van der Waals surface area contributed by atoms with Crippen LogP contribution < -0.4 is 0 Å². The summed E-state index contributed by atoms with van der Waals surface area (Å²) in [6, 6.07) is 4.27. The molecule has 1 aromatic carbocycles. The maximum Gasteiger partial charge on any atom is 0.195 e. The number of oxazole rings is 1. The first-order valence-corrected chi connectivity index (χ1v) is 6.97. The van der Waals surface area contributed by atoms with Crippen molar-refractivity contribution in [2.45, 2.75) is 40.0 Å². The third-order valence-electron chi connectivity index (χ3n) is 2.67. The Kier molecular flexibility index (Phi) is 3.87. The van der Waals surface area contributed by atoms with Crippen molar-refractivity contribution in [1.82, 2.24) is 4.98 Å². The highest BCUT2D eigenvalue weighted by atomic mass is 79.9. The van der Waals surface area contributed by atoms with Gasteiger partial charge in [0.2, 0.25) is 0 Å². The summed E-state index contributed by atoms with van der Waals surface area (Å²) in [5, 5.41) is 0. The summed E-state index contributed by atoms with van der Waals surface area (Å²) < 4.78 is 6.80. The second-order valence-corrected chi connectivity index (χ2v) is 5.74. The summed E-state index contributed by atoms with van der Waals surface area (Å²) in [7, 11) is 0. The molecule has 2 aromatic rings. The number of nitrogens with zero attached hydrogens (tertiary/aromatic N) is 1. The van der Waals surface area contributed by atoms with Gasteiger partial charge < -0.3 is 4.42 Å². The lowest BCUT2D eigenvalue weighted by molar-refractivity contribution is 0.481. The van der Waals surface area contributed by atoms with Crippen molar-refractivity contribution < 1.29 is 4.42 Å². The molecule has 0 spiro atoms. The smallest absolute Gasteiger partial charge is 0.195 e. The number of aryl methyl sites for hydroxylation is 1. The highest BCUT2D eigenvalue weighted by Gasteiger charge is 2.11. The summed E-state index contributed by atoms with van der Waals surface area (Å²) in [5.74, 6) is 1.40. The minimum Gasteiger partial charge on any atom is -0.439 e. The van der Waals surface area contributed by atoms with Crippen LogP contribution in [-0.2, 0) is 12.8 Å². The Morgan fingerprint density at radius 3 is 2.76 bits per heavy atom. The number of aromatic nitrogens is 1. The van der Waals surface area contributed by atoms with Crippen LogP contribution in [0, 0.1) is 5.92 Å². The molecule has 2 nitrogen and oxygen atoms in total. The van der Waals surface area contributed by atoms with Crippen LogP contribution in [0.5, 0.6) is 0 Å². The second kappa shape index (κ2) is 5.21. The highest BCUT2D eigenvalue weighted by Crippen LogP contribution is 2.28. The molecule has 92 valence electrons. The molecule has 0 atom stereocenters. The predicted octanol–water partition coefficient (Wildman–Crippen LogP) is 4.74. The van der Waals surface area contributed by atoms with E-state index in [0.29, 0.717) is 5.92 Å². The normalized spacial score (nSPS) is 11.6. The number of benzene rings is 1. The fraction of sp³-hybridized carbons (Fsp3) is 0.500. The zero-order chi connectivity index (χ0) is 12.4. The van der Waals surface area contributed by atoms with Crippen LogP contribution in [-0.4, -0.2) is 4.98 Å². The summed E-state index contributed by atoms with van der Waals surface area (Å²) in [4.78, 5) is 4.56. The van der Waals surface area contributed by atoms with Gasteiger partial charge in [-0.15, -0.1) is 0 Å². The predicted molar refractivity (Wildman–Crippen MR) is 74.2 cm³/mol. The molecule has 0 aliphatic heterocycles. The van der Waals surface area contributed by atoms with Gasteiger partial charge in [-0.05, 0) is 46.0 Å². The average Bonchev–Trinajstić information content (AvgIpc) is 2.60. The Bertz CT molecular complexity index is 516. The maximum absolute atomic E-state index is 5.78. The Labute approximate surface area is 111 Å². The number of hydrogen-bond donors (Lipinski definition) is 0. The third kappa shape index (κ3) is 2.89. The Morgan fingerprint density at radius 2 is 2.12 bits per heavy atom. The van der Waals surface area contributed by atoms with Crippen molar-refractivity contribution in [1.29, 1.82) is 0 Å². The lowest BCUT2D eigenvalue weighted by Gasteiger charge is -1.99. The van der Waals surface area contributed by atoms with E-state index in [-0.39, 0.29) is 0 Å². The molecule has 0 radical (unpaired) electrons. The zero-order valence-corrected chi connectivity index (χ0v) is 12.2. The summed E-state index contributed by atoms with van der Waals surface area (Å²) >= 11 is 3.56. The molecule has 2 rings (SSSR count). The molecule has 0 aliphatic carbocycles. The van der Waals surface area contributed by atoms with E-state index in [9.17, 15) is 0 Å². The molecule has 0 bridgehead atoms. The number of halogens is 1. The monoisotopic (exact) mass is 295 g/mol. The molecular weight excluding hydrogens is 278 g/mol. The molecular formula is C14H18BrNO. The van der Waals surface area contributed by atoms with E-state index in [1.165, 1.54) is 5.56 Å². The highest BCUT2D eigenvalue weighted by molar-refractivity contribution is 9.10. The Balaban J connectivity index is 2.41. The molecule has 0 amide bonds. The lowest BCUT2D eigenvalue weighted by Crippen LogP contribution is -1.93. The van der Waals surface area contributed by atoms with Gasteiger partial charge in [0.1, 0.15) is 5.52 Å². The van der Waals surface area contributed by atoms with E-state index in [1.54, 1.807) is 0 Å². The number of fused-ring (bicyclic) bond motifs is 1. The fourth-order valence-electron chi connectivity index (χ4n) is 1.96. The van der Waals surface area contributed by atoms with Gasteiger partial charge in [-0.2, -0.15) is 0 Å². The minimum atomic E-state index is 0.567. The van der Waals surface area contributed by atoms with Crippen LogP contribution in [0.3, 0.4) is 0 Å². The molecule has 0 N–H and O–H groups in total. The first-order chi connectivity index (χ1) is 8.10. The maximum atomic E-state index is 5.78. The van der Waals surface area contributed by atoms with Gasteiger partial charge >= 0.3 is 0 Å². The molecule has 0 unspecified atom stereocenters. The summed E-state index contributed by atoms with van der Waals surface area (Å²) in [6.07, 6.45) is 3.12. The molecule has 1 aromatic heterocycles. The molecule has 0 saturated heterocycles. The van der Waals surface area contributed by atoms with Crippen molar-refractivity contribution in [3.05, 3.63) is 28.1 Å². The van der Waals surface area contributed by atoms with Crippen molar-refractivity contribution >= 4 is 27.0 Å². The largest absolute Gasteiger partial charge is 0.439 e. The molecule has 0 saturated carbocycles. The molecule has 0 aliphatic rings. The van der Waals surface area contributed by atoms with Crippen LogP contribution in [0.2, 0.25) is 0 Å². The fourth-order valence-corrected chi connectivity index (χ4v) is 2.54. The zero-order valence-electron chi connectivity index (χ0n) is 10.6. The topological polar surface area (TPSA) is 26.0 Å². The molecule has 0 fully saturated rings. The standard InChI is InChI=1S/C14H18BrNO/c1-4-5-10-7-11(15)14-12(8-10)16-13(17-14)6-9(2)3/h7-9H,4-6H2,1-3H3.